The van der Waals surface area contributed by atoms with Gasteiger partial charge in [-0.1, -0.05) is 30.3 Å². The molecular formula is C12H15F3N2O. The van der Waals surface area contributed by atoms with Gasteiger partial charge in [0.1, 0.15) is 6.04 Å². The van der Waals surface area contributed by atoms with Gasteiger partial charge in [-0.25, -0.2) is 0 Å². The second-order valence-electron chi connectivity index (χ2n) is 4.08. The lowest BCUT2D eigenvalue weighted by molar-refractivity contribution is -0.161. The van der Waals surface area contributed by atoms with Gasteiger partial charge in [-0.3, -0.25) is 4.79 Å². The number of hydrogen-bond donors (Lipinski definition) is 2. The van der Waals surface area contributed by atoms with Crippen LogP contribution < -0.4 is 11.1 Å². The number of rotatable bonds is 4. The Morgan fingerprint density at radius 1 is 1.33 bits per heavy atom. The number of hydrogen-bond acceptors (Lipinski definition) is 2. The first-order valence-corrected chi connectivity index (χ1v) is 5.47. The maximum atomic E-state index is 12.8. The van der Waals surface area contributed by atoms with Gasteiger partial charge >= 0.3 is 6.18 Å². The predicted molar refractivity (Wildman–Crippen MR) is 61.8 cm³/mol. The Kier molecular flexibility index (Phi) is 4.72. The van der Waals surface area contributed by atoms with E-state index < -0.39 is 24.2 Å². The van der Waals surface area contributed by atoms with Crippen LogP contribution in [-0.4, -0.2) is 24.2 Å². The summed E-state index contributed by atoms with van der Waals surface area (Å²) in [5.41, 5.74) is 5.75. The van der Waals surface area contributed by atoms with Gasteiger partial charge in [0.2, 0.25) is 5.91 Å². The summed E-state index contributed by atoms with van der Waals surface area (Å²) >= 11 is 0. The zero-order valence-electron chi connectivity index (χ0n) is 9.87. The summed E-state index contributed by atoms with van der Waals surface area (Å²) in [5, 5.41) is 1.92. The number of alkyl halides is 3. The van der Waals surface area contributed by atoms with Gasteiger partial charge in [-0.05, 0) is 12.5 Å². The SMILES string of the molecule is C[C@@H](N)C(=O)NC(Cc1ccccc1)C(F)(F)F. The van der Waals surface area contributed by atoms with Gasteiger partial charge in [0.05, 0.1) is 6.04 Å². The van der Waals surface area contributed by atoms with Crippen LogP contribution in [0, 0.1) is 0 Å². The molecule has 0 aliphatic heterocycles. The molecule has 0 saturated carbocycles. The predicted octanol–water partition coefficient (Wildman–Crippen LogP) is 1.62. The summed E-state index contributed by atoms with van der Waals surface area (Å²) in [6, 6.07) is 5.29. The molecule has 0 aliphatic rings. The van der Waals surface area contributed by atoms with Crippen LogP contribution in [0.3, 0.4) is 0 Å². The summed E-state index contributed by atoms with van der Waals surface area (Å²) < 4.78 is 38.3. The number of amides is 1. The van der Waals surface area contributed by atoms with E-state index in [1.807, 2.05) is 5.32 Å². The maximum absolute atomic E-state index is 12.8. The summed E-state index contributed by atoms with van der Waals surface area (Å²) in [6.45, 7) is 1.34. The zero-order chi connectivity index (χ0) is 13.8. The fourth-order valence-electron chi connectivity index (χ4n) is 1.40. The molecule has 2 atom stereocenters. The average molecular weight is 260 g/mol. The van der Waals surface area contributed by atoms with Crippen LogP contribution in [0.5, 0.6) is 0 Å². The normalized spacial score (nSPS) is 14.9. The van der Waals surface area contributed by atoms with Crippen molar-refractivity contribution in [3.8, 4) is 0 Å². The lowest BCUT2D eigenvalue weighted by atomic mass is 10.1. The fourth-order valence-corrected chi connectivity index (χ4v) is 1.40. The third-order valence-corrected chi connectivity index (χ3v) is 2.41. The van der Waals surface area contributed by atoms with Gasteiger partial charge in [0.15, 0.2) is 0 Å². The van der Waals surface area contributed by atoms with Gasteiger partial charge in [0.25, 0.3) is 0 Å². The first-order chi connectivity index (χ1) is 8.30. The van der Waals surface area contributed by atoms with E-state index in [9.17, 15) is 18.0 Å². The molecule has 0 bridgehead atoms. The molecule has 1 aromatic rings. The molecule has 0 aromatic heterocycles. The van der Waals surface area contributed by atoms with Crippen molar-refractivity contribution in [3.05, 3.63) is 35.9 Å². The smallest absolute Gasteiger partial charge is 0.343 e. The number of benzene rings is 1. The maximum Gasteiger partial charge on any atom is 0.408 e. The van der Waals surface area contributed by atoms with Crippen LogP contribution in [0.25, 0.3) is 0 Å². The molecule has 0 aliphatic carbocycles. The average Bonchev–Trinajstić information content (AvgIpc) is 2.28. The first-order valence-electron chi connectivity index (χ1n) is 5.47. The Bertz CT molecular complexity index is 390. The molecule has 1 rings (SSSR count). The highest BCUT2D eigenvalue weighted by molar-refractivity contribution is 5.81. The molecule has 1 unspecified atom stereocenters. The van der Waals surface area contributed by atoms with Crippen molar-refractivity contribution in [1.82, 2.24) is 5.32 Å². The third kappa shape index (κ3) is 4.37. The molecular weight excluding hydrogens is 245 g/mol. The second-order valence-corrected chi connectivity index (χ2v) is 4.08. The highest BCUT2D eigenvalue weighted by Gasteiger charge is 2.40. The van der Waals surface area contributed by atoms with Gasteiger partial charge in [-0.15, -0.1) is 0 Å². The topological polar surface area (TPSA) is 55.1 Å². The second kappa shape index (κ2) is 5.86. The Labute approximate surface area is 103 Å². The molecule has 18 heavy (non-hydrogen) atoms. The van der Waals surface area contributed by atoms with E-state index in [1.54, 1.807) is 30.3 Å². The van der Waals surface area contributed by atoms with Crippen LogP contribution >= 0.6 is 0 Å². The molecule has 3 N–H and O–H groups in total. The molecule has 0 radical (unpaired) electrons. The van der Waals surface area contributed by atoms with Crippen molar-refractivity contribution >= 4 is 5.91 Å². The highest BCUT2D eigenvalue weighted by Crippen LogP contribution is 2.23. The molecule has 1 amide bonds. The van der Waals surface area contributed by atoms with Crippen molar-refractivity contribution in [3.63, 3.8) is 0 Å². The summed E-state index contributed by atoms with van der Waals surface area (Å²) in [5.74, 6) is -0.812. The van der Waals surface area contributed by atoms with E-state index in [2.05, 4.69) is 0 Å². The van der Waals surface area contributed by atoms with Gasteiger partial charge in [0, 0.05) is 6.42 Å². The molecule has 0 heterocycles. The van der Waals surface area contributed by atoms with Crippen molar-refractivity contribution in [2.45, 2.75) is 31.6 Å². The number of carbonyl (C=O) groups excluding carboxylic acids is 1. The van der Waals surface area contributed by atoms with E-state index >= 15 is 0 Å². The quantitative estimate of drug-likeness (QED) is 0.864. The van der Waals surface area contributed by atoms with Crippen molar-refractivity contribution in [2.24, 2.45) is 5.73 Å². The monoisotopic (exact) mass is 260 g/mol. The van der Waals surface area contributed by atoms with E-state index in [0.717, 1.165) is 0 Å². The first kappa shape index (κ1) is 14.5. The van der Waals surface area contributed by atoms with Crippen LogP contribution in [0.15, 0.2) is 30.3 Å². The zero-order valence-corrected chi connectivity index (χ0v) is 9.87. The summed E-state index contributed by atoms with van der Waals surface area (Å²) in [7, 11) is 0. The van der Waals surface area contributed by atoms with E-state index in [-0.39, 0.29) is 6.42 Å². The summed E-state index contributed by atoms with van der Waals surface area (Å²) in [6.07, 6.45) is -4.80. The van der Waals surface area contributed by atoms with Crippen molar-refractivity contribution in [2.75, 3.05) is 0 Å². The highest BCUT2D eigenvalue weighted by atomic mass is 19.4. The Hall–Kier alpha value is -1.56. The number of nitrogens with two attached hydrogens (primary N) is 1. The molecule has 0 saturated heterocycles. The Morgan fingerprint density at radius 2 is 1.89 bits per heavy atom. The van der Waals surface area contributed by atoms with E-state index in [0.29, 0.717) is 5.56 Å². The molecule has 100 valence electrons. The lowest BCUT2D eigenvalue weighted by Gasteiger charge is -2.22. The van der Waals surface area contributed by atoms with Crippen molar-refractivity contribution in [1.29, 1.82) is 0 Å². The van der Waals surface area contributed by atoms with E-state index in [4.69, 9.17) is 5.73 Å². The molecule has 3 nitrogen and oxygen atoms in total. The van der Waals surface area contributed by atoms with Crippen LogP contribution in [0.2, 0.25) is 0 Å². The Balaban J connectivity index is 2.77. The van der Waals surface area contributed by atoms with E-state index in [1.165, 1.54) is 6.92 Å². The van der Waals surface area contributed by atoms with Crippen LogP contribution in [-0.2, 0) is 11.2 Å². The van der Waals surface area contributed by atoms with Crippen molar-refractivity contribution < 1.29 is 18.0 Å². The van der Waals surface area contributed by atoms with Crippen LogP contribution in [0.1, 0.15) is 12.5 Å². The standard InChI is InChI=1S/C12H15F3N2O/c1-8(16)11(18)17-10(12(13,14)15)7-9-5-3-2-4-6-9/h2-6,8,10H,7,16H2,1H3,(H,17,18)/t8-,10?/m1/s1. The minimum Gasteiger partial charge on any atom is -0.343 e. The minimum absolute atomic E-state index is 0.303. The molecule has 6 heteroatoms. The number of halogens is 3. The lowest BCUT2D eigenvalue weighted by Crippen LogP contribution is -2.51. The number of nitrogens with one attached hydrogen (secondary N) is 1. The largest absolute Gasteiger partial charge is 0.408 e. The molecule has 0 spiro atoms. The minimum atomic E-state index is -4.50. The van der Waals surface area contributed by atoms with Gasteiger partial charge < -0.3 is 11.1 Å². The Morgan fingerprint density at radius 3 is 2.33 bits per heavy atom. The third-order valence-electron chi connectivity index (χ3n) is 2.41. The molecule has 1 aromatic carbocycles. The number of carbonyl (C=O) groups is 1. The fraction of sp³-hybridized carbons (Fsp3) is 0.417. The van der Waals surface area contributed by atoms with Gasteiger partial charge in [-0.2, -0.15) is 13.2 Å². The summed E-state index contributed by atoms with van der Waals surface area (Å²) in [4.78, 5) is 11.3. The molecule has 0 fully saturated rings. The van der Waals surface area contributed by atoms with Crippen LogP contribution in [0.4, 0.5) is 13.2 Å².